The summed E-state index contributed by atoms with van der Waals surface area (Å²) in [7, 11) is -3.83. The summed E-state index contributed by atoms with van der Waals surface area (Å²) in [6.07, 6.45) is -0.111. The van der Waals surface area contributed by atoms with Gasteiger partial charge in [-0.2, -0.15) is 0 Å². The number of nitrogens with two attached hydrogens (primary N) is 2. The molecule has 1 aromatic rings. The minimum Gasteiger partial charge on any atom is -0.398 e. The second-order valence-electron chi connectivity index (χ2n) is 4.81. The molecular formula is C11H16BrN3O3S. The van der Waals surface area contributed by atoms with Crippen molar-refractivity contribution >= 4 is 37.5 Å². The molecule has 6 nitrogen and oxygen atoms in total. The van der Waals surface area contributed by atoms with Crippen LogP contribution in [0.3, 0.4) is 0 Å². The molecule has 0 unspecified atom stereocenters. The van der Waals surface area contributed by atoms with Crippen LogP contribution in [0.15, 0.2) is 27.6 Å². The highest BCUT2D eigenvalue weighted by Gasteiger charge is 2.29. The molecule has 1 rings (SSSR count). The van der Waals surface area contributed by atoms with Gasteiger partial charge in [-0.1, -0.05) is 15.9 Å². The average molecular weight is 350 g/mol. The molecule has 0 aliphatic heterocycles. The van der Waals surface area contributed by atoms with Gasteiger partial charge in [0.1, 0.15) is 4.90 Å². The van der Waals surface area contributed by atoms with Crippen molar-refractivity contribution in [2.75, 3.05) is 5.73 Å². The van der Waals surface area contributed by atoms with Crippen molar-refractivity contribution in [1.29, 1.82) is 0 Å². The molecule has 5 N–H and O–H groups in total. The maximum absolute atomic E-state index is 12.2. The van der Waals surface area contributed by atoms with Crippen LogP contribution in [0.25, 0.3) is 0 Å². The van der Waals surface area contributed by atoms with Crippen molar-refractivity contribution in [2.45, 2.75) is 30.7 Å². The third kappa shape index (κ3) is 4.48. The van der Waals surface area contributed by atoms with Crippen molar-refractivity contribution in [3.63, 3.8) is 0 Å². The molecule has 0 aromatic heterocycles. The zero-order chi connectivity index (χ0) is 14.8. The molecule has 0 heterocycles. The Bertz CT molecular complexity index is 599. The van der Waals surface area contributed by atoms with E-state index in [1.165, 1.54) is 12.1 Å². The molecule has 0 aliphatic carbocycles. The van der Waals surface area contributed by atoms with Crippen molar-refractivity contribution in [3.05, 3.63) is 22.7 Å². The van der Waals surface area contributed by atoms with E-state index in [-0.39, 0.29) is 17.0 Å². The van der Waals surface area contributed by atoms with E-state index in [9.17, 15) is 13.2 Å². The lowest BCUT2D eigenvalue weighted by Gasteiger charge is -2.24. The van der Waals surface area contributed by atoms with Crippen molar-refractivity contribution < 1.29 is 13.2 Å². The first kappa shape index (κ1) is 15.9. The topological polar surface area (TPSA) is 115 Å². The molecule has 0 aliphatic rings. The zero-order valence-electron chi connectivity index (χ0n) is 10.6. The number of nitrogens with one attached hydrogen (secondary N) is 1. The van der Waals surface area contributed by atoms with Crippen LogP contribution in [-0.2, 0) is 14.8 Å². The van der Waals surface area contributed by atoms with Gasteiger partial charge < -0.3 is 11.5 Å². The molecule has 0 saturated heterocycles. The highest BCUT2D eigenvalue weighted by molar-refractivity contribution is 9.10. The van der Waals surface area contributed by atoms with Crippen LogP contribution >= 0.6 is 15.9 Å². The number of anilines is 1. The molecule has 1 amide bonds. The summed E-state index contributed by atoms with van der Waals surface area (Å²) in [5.74, 6) is -0.588. The highest BCUT2D eigenvalue weighted by Crippen LogP contribution is 2.24. The number of halogens is 1. The van der Waals surface area contributed by atoms with Crippen LogP contribution in [0, 0.1) is 0 Å². The first-order valence-electron chi connectivity index (χ1n) is 5.41. The van der Waals surface area contributed by atoms with Gasteiger partial charge in [-0.3, -0.25) is 4.79 Å². The van der Waals surface area contributed by atoms with Crippen LogP contribution in [0.4, 0.5) is 5.69 Å². The van der Waals surface area contributed by atoms with Crippen LogP contribution in [0.1, 0.15) is 20.3 Å². The summed E-state index contributed by atoms with van der Waals surface area (Å²) in [4.78, 5) is 10.9. The van der Waals surface area contributed by atoms with E-state index in [1.54, 1.807) is 19.9 Å². The molecule has 0 spiro atoms. The van der Waals surface area contributed by atoms with E-state index in [2.05, 4.69) is 20.7 Å². The first-order valence-corrected chi connectivity index (χ1v) is 7.68. The number of hydrogen-bond acceptors (Lipinski definition) is 4. The Morgan fingerprint density at radius 3 is 2.53 bits per heavy atom. The number of rotatable bonds is 5. The molecule has 19 heavy (non-hydrogen) atoms. The Morgan fingerprint density at radius 2 is 2.00 bits per heavy atom. The molecule has 8 heteroatoms. The zero-order valence-corrected chi connectivity index (χ0v) is 13.0. The van der Waals surface area contributed by atoms with Gasteiger partial charge in [0.25, 0.3) is 0 Å². The summed E-state index contributed by atoms with van der Waals surface area (Å²) in [6, 6.07) is 4.53. The maximum atomic E-state index is 12.2. The Balaban J connectivity index is 3.11. The third-order valence-electron chi connectivity index (χ3n) is 2.29. The SMILES string of the molecule is CC(C)(CC(N)=O)NS(=O)(=O)c1cc(Br)ccc1N. The number of carbonyl (C=O) groups is 1. The average Bonchev–Trinajstić information content (AvgIpc) is 2.17. The fourth-order valence-electron chi connectivity index (χ4n) is 1.63. The number of hydrogen-bond donors (Lipinski definition) is 3. The quantitative estimate of drug-likeness (QED) is 0.686. The number of sulfonamides is 1. The van der Waals surface area contributed by atoms with E-state index in [4.69, 9.17) is 11.5 Å². The normalized spacial score (nSPS) is 12.4. The third-order valence-corrected chi connectivity index (χ3v) is 4.54. The van der Waals surface area contributed by atoms with E-state index in [0.717, 1.165) is 0 Å². The van der Waals surface area contributed by atoms with Crippen LogP contribution < -0.4 is 16.2 Å². The van der Waals surface area contributed by atoms with E-state index >= 15 is 0 Å². The van der Waals surface area contributed by atoms with Crippen molar-refractivity contribution in [2.24, 2.45) is 5.73 Å². The fourth-order valence-corrected chi connectivity index (χ4v) is 3.71. The number of nitrogen functional groups attached to an aromatic ring is 1. The Labute approximate surface area is 120 Å². The minimum atomic E-state index is -3.83. The largest absolute Gasteiger partial charge is 0.398 e. The Kier molecular flexibility index (Phi) is 4.59. The summed E-state index contributed by atoms with van der Waals surface area (Å²) in [6.45, 7) is 3.15. The molecule has 106 valence electrons. The molecule has 0 atom stereocenters. The number of amides is 1. The van der Waals surface area contributed by atoms with E-state index in [1.807, 2.05) is 0 Å². The fraction of sp³-hybridized carbons (Fsp3) is 0.364. The van der Waals surface area contributed by atoms with Crippen molar-refractivity contribution in [1.82, 2.24) is 4.72 Å². The summed E-state index contributed by atoms with van der Waals surface area (Å²) in [5.41, 5.74) is 9.89. The second kappa shape index (κ2) is 5.48. The molecule has 0 saturated carbocycles. The van der Waals surface area contributed by atoms with Gasteiger partial charge in [-0.05, 0) is 32.0 Å². The first-order chi connectivity index (χ1) is 8.53. The molecule has 0 fully saturated rings. The summed E-state index contributed by atoms with van der Waals surface area (Å²) < 4.78 is 27.5. The van der Waals surface area contributed by atoms with Crippen LogP contribution in [0.2, 0.25) is 0 Å². The minimum absolute atomic E-state index is 0.0422. The van der Waals surface area contributed by atoms with Gasteiger partial charge >= 0.3 is 0 Å². The van der Waals surface area contributed by atoms with Gasteiger partial charge in [0.05, 0.1) is 5.69 Å². The van der Waals surface area contributed by atoms with Crippen LogP contribution in [-0.4, -0.2) is 19.9 Å². The summed E-state index contributed by atoms with van der Waals surface area (Å²) >= 11 is 3.19. The molecular weight excluding hydrogens is 334 g/mol. The standard InChI is InChI=1S/C11H16BrN3O3S/c1-11(2,6-10(14)16)15-19(17,18)9-5-7(12)3-4-8(9)13/h3-5,15H,6,13H2,1-2H3,(H2,14,16). The van der Waals surface area contributed by atoms with Gasteiger partial charge in [0, 0.05) is 16.4 Å². The molecule has 0 bridgehead atoms. The summed E-state index contributed by atoms with van der Waals surface area (Å²) in [5, 5.41) is 0. The highest BCUT2D eigenvalue weighted by atomic mass is 79.9. The van der Waals surface area contributed by atoms with E-state index < -0.39 is 21.5 Å². The predicted octanol–water partition coefficient (Wildman–Crippen LogP) is 0.964. The predicted molar refractivity (Wildman–Crippen MR) is 76.8 cm³/mol. The molecule has 0 radical (unpaired) electrons. The Morgan fingerprint density at radius 1 is 1.42 bits per heavy atom. The van der Waals surface area contributed by atoms with Gasteiger partial charge in [-0.25, -0.2) is 13.1 Å². The molecule has 1 aromatic carbocycles. The number of benzene rings is 1. The lowest BCUT2D eigenvalue weighted by Crippen LogP contribution is -2.46. The van der Waals surface area contributed by atoms with Crippen LogP contribution in [0.5, 0.6) is 0 Å². The van der Waals surface area contributed by atoms with Gasteiger partial charge in [0.2, 0.25) is 15.9 Å². The van der Waals surface area contributed by atoms with Crippen molar-refractivity contribution in [3.8, 4) is 0 Å². The smallest absolute Gasteiger partial charge is 0.243 e. The lowest BCUT2D eigenvalue weighted by molar-refractivity contribution is -0.119. The number of primary amides is 1. The van der Waals surface area contributed by atoms with E-state index in [0.29, 0.717) is 4.47 Å². The lowest BCUT2D eigenvalue weighted by atomic mass is 10.0. The second-order valence-corrected chi connectivity index (χ2v) is 7.38. The number of carbonyl (C=O) groups excluding carboxylic acids is 1. The monoisotopic (exact) mass is 349 g/mol. The maximum Gasteiger partial charge on any atom is 0.243 e. The van der Waals surface area contributed by atoms with Gasteiger partial charge in [0.15, 0.2) is 0 Å². The Hall–Kier alpha value is -1.12. The van der Waals surface area contributed by atoms with Gasteiger partial charge in [-0.15, -0.1) is 0 Å².